The molecule has 0 radical (unpaired) electrons. The minimum Gasteiger partial charge on any atom is -0.481 e. The zero-order chi connectivity index (χ0) is 14.5. The van der Waals surface area contributed by atoms with Gasteiger partial charge in [-0.25, -0.2) is 4.79 Å². The maximum Gasteiger partial charge on any atom is 0.317 e. The summed E-state index contributed by atoms with van der Waals surface area (Å²) in [6.45, 7) is 1.94. The van der Waals surface area contributed by atoms with E-state index in [9.17, 15) is 14.7 Å². The van der Waals surface area contributed by atoms with Gasteiger partial charge in [-0.1, -0.05) is 12.8 Å². The van der Waals surface area contributed by atoms with E-state index in [0.29, 0.717) is 12.8 Å². The number of nitrogens with zero attached hydrogens (tertiary/aromatic N) is 2. The van der Waals surface area contributed by atoms with Crippen molar-refractivity contribution >= 4 is 12.0 Å². The molecule has 0 aromatic rings. The average Bonchev–Trinajstić information content (AvgIpc) is 2.85. The van der Waals surface area contributed by atoms with Gasteiger partial charge in [0, 0.05) is 19.6 Å². The number of aliphatic carboxylic acids is 1. The summed E-state index contributed by atoms with van der Waals surface area (Å²) in [6.07, 6.45) is 3.26. The highest BCUT2D eigenvalue weighted by Crippen LogP contribution is 2.37. The molecule has 106 valence electrons. The lowest BCUT2D eigenvalue weighted by Crippen LogP contribution is -2.47. The van der Waals surface area contributed by atoms with Crippen molar-refractivity contribution in [2.45, 2.75) is 45.1 Å². The van der Waals surface area contributed by atoms with Gasteiger partial charge in [0.05, 0.1) is 17.9 Å². The predicted molar refractivity (Wildman–Crippen MR) is 69.4 cm³/mol. The molecule has 2 N–H and O–H groups in total. The van der Waals surface area contributed by atoms with Gasteiger partial charge in [0.25, 0.3) is 0 Å². The lowest BCUT2D eigenvalue weighted by atomic mass is 9.86. The fourth-order valence-corrected chi connectivity index (χ4v) is 2.36. The quantitative estimate of drug-likeness (QED) is 0.790. The Hall–Kier alpha value is -1.77. The Kier molecular flexibility index (Phi) is 5.16. The molecule has 0 bridgehead atoms. The summed E-state index contributed by atoms with van der Waals surface area (Å²) in [5.74, 6) is -0.835. The number of carboxylic acid groups (broad SMARTS) is 1. The van der Waals surface area contributed by atoms with E-state index in [0.717, 1.165) is 12.8 Å². The second kappa shape index (κ2) is 6.41. The Labute approximate surface area is 113 Å². The Morgan fingerprint density at radius 3 is 2.53 bits per heavy atom. The van der Waals surface area contributed by atoms with Crippen LogP contribution in [0.25, 0.3) is 0 Å². The van der Waals surface area contributed by atoms with Crippen LogP contribution in [0.15, 0.2) is 0 Å². The average molecular weight is 267 g/mol. The maximum absolute atomic E-state index is 11.9. The van der Waals surface area contributed by atoms with E-state index in [2.05, 4.69) is 5.32 Å². The smallest absolute Gasteiger partial charge is 0.317 e. The van der Waals surface area contributed by atoms with E-state index in [1.54, 1.807) is 14.0 Å². The van der Waals surface area contributed by atoms with Gasteiger partial charge in [-0.2, -0.15) is 5.26 Å². The number of nitrogens with one attached hydrogen (secondary N) is 1. The van der Waals surface area contributed by atoms with Crippen molar-refractivity contribution in [2.75, 3.05) is 13.6 Å². The van der Waals surface area contributed by atoms with Crippen LogP contribution in [-0.2, 0) is 4.79 Å². The van der Waals surface area contributed by atoms with Crippen LogP contribution in [0.1, 0.15) is 39.0 Å². The molecule has 0 aromatic heterocycles. The normalized spacial score (nSPS) is 18.4. The molecule has 1 fully saturated rings. The van der Waals surface area contributed by atoms with Crippen molar-refractivity contribution < 1.29 is 14.7 Å². The molecule has 0 aromatic carbocycles. The molecule has 1 atom stereocenters. The van der Waals surface area contributed by atoms with E-state index in [4.69, 9.17) is 5.26 Å². The summed E-state index contributed by atoms with van der Waals surface area (Å²) >= 11 is 0. The molecule has 1 rings (SSSR count). The van der Waals surface area contributed by atoms with Crippen molar-refractivity contribution in [1.29, 1.82) is 5.26 Å². The molecular weight excluding hydrogens is 246 g/mol. The molecule has 6 heteroatoms. The summed E-state index contributed by atoms with van der Waals surface area (Å²) < 4.78 is 0. The zero-order valence-corrected chi connectivity index (χ0v) is 11.5. The van der Waals surface area contributed by atoms with Crippen molar-refractivity contribution in [3.8, 4) is 6.07 Å². The lowest BCUT2D eigenvalue weighted by molar-refractivity contribution is -0.148. The molecular formula is C13H21N3O3. The fraction of sp³-hybridized carbons (Fsp3) is 0.769. The van der Waals surface area contributed by atoms with Crippen molar-refractivity contribution in [3.63, 3.8) is 0 Å². The maximum atomic E-state index is 11.9. The summed E-state index contributed by atoms with van der Waals surface area (Å²) in [4.78, 5) is 24.7. The van der Waals surface area contributed by atoms with Crippen LogP contribution in [0.5, 0.6) is 0 Å². The first kappa shape index (κ1) is 15.3. The Morgan fingerprint density at radius 1 is 1.47 bits per heavy atom. The van der Waals surface area contributed by atoms with Crippen LogP contribution in [0.4, 0.5) is 4.79 Å². The minimum atomic E-state index is -0.835. The Bertz CT molecular complexity index is 383. The van der Waals surface area contributed by atoms with E-state index >= 15 is 0 Å². The molecule has 1 saturated carbocycles. The van der Waals surface area contributed by atoms with Gasteiger partial charge < -0.3 is 15.3 Å². The zero-order valence-electron chi connectivity index (χ0n) is 11.5. The number of carboxylic acids is 1. The summed E-state index contributed by atoms with van der Waals surface area (Å²) in [6, 6.07) is 1.50. The first-order valence-corrected chi connectivity index (χ1v) is 6.54. The molecule has 1 aliphatic rings. The second-order valence-electron chi connectivity index (χ2n) is 5.27. The van der Waals surface area contributed by atoms with E-state index in [1.165, 1.54) is 4.90 Å². The number of amides is 2. The van der Waals surface area contributed by atoms with Crippen LogP contribution in [0, 0.1) is 16.7 Å². The number of carbonyl (C=O) groups excluding carboxylic acids is 1. The first-order chi connectivity index (χ1) is 8.93. The van der Waals surface area contributed by atoms with Gasteiger partial charge in [-0.15, -0.1) is 0 Å². The van der Waals surface area contributed by atoms with Crippen molar-refractivity contribution in [3.05, 3.63) is 0 Å². The van der Waals surface area contributed by atoms with E-state index in [1.807, 2.05) is 6.07 Å². The SMILES string of the molecule is CC(CC#N)N(C)C(=O)NCC1(C(=O)O)CCCC1. The number of rotatable bonds is 5. The standard InChI is InChI=1S/C13H21N3O3/c1-10(5-8-14)16(2)12(19)15-9-13(11(17)18)6-3-4-7-13/h10H,3-7,9H2,1-2H3,(H,15,19)(H,17,18). The number of hydrogen-bond donors (Lipinski definition) is 2. The molecule has 1 unspecified atom stereocenters. The van der Waals surface area contributed by atoms with Crippen molar-refractivity contribution in [1.82, 2.24) is 10.2 Å². The number of urea groups is 1. The highest BCUT2D eigenvalue weighted by molar-refractivity contribution is 5.78. The number of nitriles is 1. The molecule has 0 spiro atoms. The van der Waals surface area contributed by atoms with Crippen LogP contribution < -0.4 is 5.32 Å². The molecule has 6 nitrogen and oxygen atoms in total. The van der Waals surface area contributed by atoms with Gasteiger partial charge >= 0.3 is 12.0 Å². The second-order valence-corrected chi connectivity index (χ2v) is 5.27. The van der Waals surface area contributed by atoms with Gasteiger partial charge in [0.2, 0.25) is 0 Å². The predicted octanol–water partition coefficient (Wildman–Crippen LogP) is 1.57. The largest absolute Gasteiger partial charge is 0.481 e. The van der Waals surface area contributed by atoms with Gasteiger partial charge in [0.15, 0.2) is 0 Å². The van der Waals surface area contributed by atoms with Crippen LogP contribution >= 0.6 is 0 Å². The fourth-order valence-electron chi connectivity index (χ4n) is 2.36. The van der Waals surface area contributed by atoms with E-state index in [-0.39, 0.29) is 25.0 Å². The topological polar surface area (TPSA) is 93.4 Å². The third-order valence-electron chi connectivity index (χ3n) is 3.96. The first-order valence-electron chi connectivity index (χ1n) is 6.54. The van der Waals surface area contributed by atoms with E-state index < -0.39 is 11.4 Å². The molecule has 0 aliphatic heterocycles. The lowest BCUT2D eigenvalue weighted by Gasteiger charge is -2.28. The summed E-state index contributed by atoms with van der Waals surface area (Å²) in [5.41, 5.74) is -0.811. The van der Waals surface area contributed by atoms with Gasteiger partial charge in [-0.05, 0) is 19.8 Å². The monoisotopic (exact) mass is 267 g/mol. The Balaban J connectivity index is 2.53. The number of hydrogen-bond acceptors (Lipinski definition) is 3. The highest BCUT2D eigenvalue weighted by Gasteiger charge is 2.41. The summed E-state index contributed by atoms with van der Waals surface area (Å²) in [7, 11) is 1.61. The molecule has 19 heavy (non-hydrogen) atoms. The summed E-state index contributed by atoms with van der Waals surface area (Å²) in [5, 5.41) is 20.6. The molecule has 2 amide bonds. The third kappa shape index (κ3) is 3.60. The van der Waals surface area contributed by atoms with Gasteiger partial charge in [-0.3, -0.25) is 4.79 Å². The highest BCUT2D eigenvalue weighted by atomic mass is 16.4. The molecule has 1 aliphatic carbocycles. The van der Waals surface area contributed by atoms with Gasteiger partial charge in [0.1, 0.15) is 0 Å². The van der Waals surface area contributed by atoms with Crippen molar-refractivity contribution in [2.24, 2.45) is 5.41 Å². The van der Waals surface area contributed by atoms with Crippen LogP contribution in [-0.4, -0.2) is 41.6 Å². The van der Waals surface area contributed by atoms with Crippen LogP contribution in [0.2, 0.25) is 0 Å². The van der Waals surface area contributed by atoms with Crippen LogP contribution in [0.3, 0.4) is 0 Å². The number of carbonyl (C=O) groups is 2. The molecule has 0 heterocycles. The minimum absolute atomic E-state index is 0.158. The molecule has 0 saturated heterocycles. The third-order valence-corrected chi connectivity index (χ3v) is 3.96. The Morgan fingerprint density at radius 2 is 2.05 bits per heavy atom.